The molecule has 1 fully saturated rings. The lowest BCUT2D eigenvalue weighted by molar-refractivity contribution is 0.0947. The van der Waals surface area contributed by atoms with Crippen molar-refractivity contribution < 1.29 is 4.79 Å². The van der Waals surface area contributed by atoms with Crippen LogP contribution in [-0.2, 0) is 13.1 Å². The van der Waals surface area contributed by atoms with Crippen molar-refractivity contribution in [3.63, 3.8) is 0 Å². The summed E-state index contributed by atoms with van der Waals surface area (Å²) in [4.78, 5) is 27.9. The van der Waals surface area contributed by atoms with Crippen molar-refractivity contribution in [3.8, 4) is 0 Å². The first kappa shape index (κ1) is 17.9. The highest BCUT2D eigenvalue weighted by atomic mass is 16.2. The van der Waals surface area contributed by atoms with Gasteiger partial charge in [-0.15, -0.1) is 5.10 Å². The van der Waals surface area contributed by atoms with Crippen LogP contribution in [0, 0.1) is 5.92 Å². The molecule has 0 aromatic carbocycles. The quantitative estimate of drug-likeness (QED) is 0.757. The number of hydrogen-bond acceptors (Lipinski definition) is 5. The van der Waals surface area contributed by atoms with E-state index >= 15 is 0 Å². The van der Waals surface area contributed by atoms with Gasteiger partial charge < -0.3 is 14.8 Å². The molecule has 1 N–H and O–H groups in total. The largest absolute Gasteiger partial charge is 0.352 e. The third-order valence-corrected chi connectivity index (χ3v) is 5.69. The first-order valence-corrected chi connectivity index (χ1v) is 9.74. The number of carbonyl (C=O) groups is 1. The monoisotopic (exact) mass is 370 g/mol. The Bertz CT molecular complexity index is 860. The lowest BCUT2D eigenvalue weighted by atomic mass is 9.83. The first-order valence-electron chi connectivity index (χ1n) is 9.74. The average Bonchev–Trinajstić information content (AvgIpc) is 3.19. The second-order valence-corrected chi connectivity index (χ2v) is 7.51. The number of carbonyl (C=O) groups excluding carboxylic acids is 1. The van der Waals surface area contributed by atoms with Crippen molar-refractivity contribution in [2.45, 2.75) is 38.8 Å². The minimum atomic E-state index is -0.292. The summed E-state index contributed by atoms with van der Waals surface area (Å²) < 4.78 is 3.56. The molecule has 144 valence electrons. The Morgan fingerprint density at radius 2 is 2.19 bits per heavy atom. The fraction of sp³-hybridized carbons (Fsp3) is 0.579. The van der Waals surface area contributed by atoms with E-state index < -0.39 is 0 Å². The van der Waals surface area contributed by atoms with Crippen molar-refractivity contribution in [1.29, 1.82) is 0 Å². The lowest BCUT2D eigenvalue weighted by Gasteiger charge is -2.42. The normalized spacial score (nSPS) is 21.7. The maximum absolute atomic E-state index is 12.9. The summed E-state index contributed by atoms with van der Waals surface area (Å²) in [6.07, 6.45) is 5.29. The molecule has 1 amide bonds. The van der Waals surface area contributed by atoms with Gasteiger partial charge in [0.1, 0.15) is 5.56 Å². The van der Waals surface area contributed by atoms with Crippen LogP contribution in [0.1, 0.15) is 41.7 Å². The lowest BCUT2D eigenvalue weighted by Crippen LogP contribution is -2.48. The van der Waals surface area contributed by atoms with Crippen LogP contribution >= 0.6 is 0 Å². The summed E-state index contributed by atoms with van der Waals surface area (Å²) in [6, 6.07) is 3.68. The number of nitrogens with one attached hydrogen (secondary N) is 1. The molecule has 0 aliphatic carbocycles. The molecule has 0 spiro atoms. The molecule has 4 rings (SSSR count). The molecule has 2 atom stereocenters. The van der Waals surface area contributed by atoms with Gasteiger partial charge >= 0.3 is 0 Å². The Balaban J connectivity index is 1.43. The zero-order chi connectivity index (χ0) is 18.8. The van der Waals surface area contributed by atoms with Crippen LogP contribution in [0.25, 0.3) is 0 Å². The molecule has 8 nitrogen and oxygen atoms in total. The van der Waals surface area contributed by atoms with Gasteiger partial charge in [-0.25, -0.2) is 0 Å². The Morgan fingerprint density at radius 3 is 2.96 bits per heavy atom. The van der Waals surface area contributed by atoms with E-state index in [9.17, 15) is 9.59 Å². The van der Waals surface area contributed by atoms with Crippen molar-refractivity contribution in [1.82, 2.24) is 29.8 Å². The van der Waals surface area contributed by atoms with E-state index in [-0.39, 0.29) is 17.0 Å². The standard InChI is InChI=1S/C19H26N6O2/c1-2-23-11-14-10-15(13-23)17-5-4-16(19(27)25(17)12-14)18(26)20-6-3-8-24-9-7-21-22-24/h4-5,7,9,14-15H,2-3,6,8,10-13H2,1H3,(H,20,26)/t14-,15+/m0/s1. The minimum Gasteiger partial charge on any atom is -0.352 e. The first-order chi connectivity index (χ1) is 13.2. The third-order valence-electron chi connectivity index (χ3n) is 5.69. The van der Waals surface area contributed by atoms with Crippen LogP contribution in [0.3, 0.4) is 0 Å². The van der Waals surface area contributed by atoms with Gasteiger partial charge in [0.25, 0.3) is 11.5 Å². The van der Waals surface area contributed by atoms with Crippen molar-refractivity contribution >= 4 is 5.91 Å². The number of likely N-dealkylation sites (N-methyl/N-ethyl adjacent to an activating group) is 1. The summed E-state index contributed by atoms with van der Waals surface area (Å²) in [5.74, 6) is 0.597. The van der Waals surface area contributed by atoms with Crippen molar-refractivity contribution in [2.24, 2.45) is 5.92 Å². The minimum absolute atomic E-state index is 0.152. The Morgan fingerprint density at radius 1 is 1.30 bits per heavy atom. The van der Waals surface area contributed by atoms with Crippen molar-refractivity contribution in [3.05, 3.63) is 46.1 Å². The van der Waals surface area contributed by atoms with Crippen LogP contribution in [0.5, 0.6) is 0 Å². The highest BCUT2D eigenvalue weighted by molar-refractivity contribution is 5.93. The maximum atomic E-state index is 12.9. The third kappa shape index (κ3) is 3.66. The number of rotatable bonds is 6. The number of piperidine rings is 1. The van der Waals surface area contributed by atoms with Gasteiger partial charge in [0.15, 0.2) is 0 Å². The fourth-order valence-electron chi connectivity index (χ4n) is 4.37. The van der Waals surface area contributed by atoms with Gasteiger partial charge in [0.05, 0.1) is 6.20 Å². The smallest absolute Gasteiger partial charge is 0.263 e. The molecule has 4 heterocycles. The van der Waals surface area contributed by atoms with Gasteiger partial charge in [-0.1, -0.05) is 12.1 Å². The molecule has 0 unspecified atom stereocenters. The maximum Gasteiger partial charge on any atom is 0.263 e. The molecule has 2 aromatic rings. The number of nitrogens with zero attached hydrogens (tertiary/aromatic N) is 5. The predicted molar refractivity (Wildman–Crippen MR) is 101 cm³/mol. The van der Waals surface area contributed by atoms with E-state index in [0.29, 0.717) is 31.5 Å². The fourth-order valence-corrected chi connectivity index (χ4v) is 4.37. The number of fused-ring (bicyclic) bond motifs is 4. The molecule has 27 heavy (non-hydrogen) atoms. The molecule has 8 heteroatoms. The van der Waals surface area contributed by atoms with E-state index in [1.165, 1.54) is 0 Å². The topological polar surface area (TPSA) is 85.1 Å². The molecule has 0 saturated carbocycles. The Kier molecular flexibility index (Phi) is 5.07. The highest BCUT2D eigenvalue weighted by Gasteiger charge is 2.34. The molecule has 1 saturated heterocycles. The van der Waals surface area contributed by atoms with Crippen LogP contribution in [-0.4, -0.2) is 56.5 Å². The molecular weight excluding hydrogens is 344 g/mol. The second kappa shape index (κ2) is 7.64. The molecular formula is C19H26N6O2. The van der Waals surface area contributed by atoms with Crippen LogP contribution in [0.2, 0.25) is 0 Å². The summed E-state index contributed by atoms with van der Waals surface area (Å²) in [5, 5.41) is 10.5. The van der Waals surface area contributed by atoms with E-state index in [1.54, 1.807) is 23.1 Å². The summed E-state index contributed by atoms with van der Waals surface area (Å²) in [7, 11) is 0. The van der Waals surface area contributed by atoms with Gasteiger partial charge in [0.2, 0.25) is 0 Å². The van der Waals surface area contributed by atoms with Crippen LogP contribution < -0.4 is 10.9 Å². The molecule has 2 aliphatic rings. The summed E-state index contributed by atoms with van der Waals surface area (Å²) in [6.45, 7) is 7.17. The van der Waals surface area contributed by atoms with E-state index in [2.05, 4.69) is 27.5 Å². The number of likely N-dealkylation sites (tertiary alicyclic amines) is 1. The number of pyridine rings is 1. The van der Waals surface area contributed by atoms with Crippen molar-refractivity contribution in [2.75, 3.05) is 26.2 Å². The molecule has 0 radical (unpaired) electrons. The van der Waals surface area contributed by atoms with Crippen LogP contribution in [0.15, 0.2) is 29.3 Å². The Hall–Kier alpha value is -2.48. The number of amides is 1. The van der Waals surface area contributed by atoms with Gasteiger partial charge in [-0.2, -0.15) is 0 Å². The predicted octanol–water partition coefficient (Wildman–Crippen LogP) is 0.699. The van der Waals surface area contributed by atoms with Gasteiger partial charge in [-0.3, -0.25) is 14.3 Å². The zero-order valence-electron chi connectivity index (χ0n) is 15.7. The molecule has 2 aromatic heterocycles. The summed E-state index contributed by atoms with van der Waals surface area (Å²) in [5.41, 5.74) is 1.17. The molecule has 2 bridgehead atoms. The molecule has 2 aliphatic heterocycles. The number of aryl methyl sites for hydroxylation is 1. The average molecular weight is 370 g/mol. The SMILES string of the molecule is CCN1C[C@@H]2C[C@H](C1)c1ccc(C(=O)NCCCn3ccnn3)c(=O)n1C2. The van der Waals surface area contributed by atoms with Gasteiger partial charge in [-0.05, 0) is 37.4 Å². The number of aromatic nitrogens is 4. The van der Waals surface area contributed by atoms with Gasteiger partial charge in [0, 0.05) is 50.5 Å². The van der Waals surface area contributed by atoms with E-state index in [1.807, 2.05) is 10.6 Å². The number of hydrogen-bond donors (Lipinski definition) is 1. The van der Waals surface area contributed by atoms with E-state index in [4.69, 9.17) is 0 Å². The second-order valence-electron chi connectivity index (χ2n) is 7.51. The Labute approximate surface area is 158 Å². The zero-order valence-corrected chi connectivity index (χ0v) is 15.7. The van der Waals surface area contributed by atoms with Crippen LogP contribution in [0.4, 0.5) is 0 Å². The highest BCUT2D eigenvalue weighted by Crippen LogP contribution is 2.34. The summed E-state index contributed by atoms with van der Waals surface area (Å²) >= 11 is 0. The van der Waals surface area contributed by atoms with E-state index in [0.717, 1.165) is 38.2 Å².